The minimum Gasteiger partial charge on any atom is -0.481 e. The second-order valence-corrected chi connectivity index (χ2v) is 7.00. The fraction of sp³-hybridized carbons (Fsp3) is 0.333. The molecule has 2 aromatic heterocycles. The molecule has 0 spiro atoms. The van der Waals surface area contributed by atoms with E-state index in [-0.39, 0.29) is 5.91 Å². The van der Waals surface area contributed by atoms with Crippen LogP contribution in [0.4, 0.5) is 5.82 Å². The van der Waals surface area contributed by atoms with E-state index in [4.69, 9.17) is 4.74 Å². The van der Waals surface area contributed by atoms with Gasteiger partial charge < -0.3 is 14.5 Å². The molecule has 0 bridgehead atoms. The number of amides is 1. The zero-order valence-electron chi connectivity index (χ0n) is 16.9. The van der Waals surface area contributed by atoms with Crippen molar-refractivity contribution in [2.24, 2.45) is 7.05 Å². The predicted octanol–water partition coefficient (Wildman–Crippen LogP) is 2.16. The molecule has 1 aliphatic heterocycles. The normalized spacial score (nSPS) is 14.2. The van der Waals surface area contributed by atoms with Crippen LogP contribution in [0.3, 0.4) is 0 Å². The zero-order valence-corrected chi connectivity index (χ0v) is 16.9. The molecule has 0 unspecified atom stereocenters. The first-order chi connectivity index (χ1) is 14.0. The molecule has 4 rings (SSSR count). The van der Waals surface area contributed by atoms with Crippen molar-refractivity contribution in [2.75, 3.05) is 38.2 Å². The summed E-state index contributed by atoms with van der Waals surface area (Å²) in [6.45, 7) is 4.49. The van der Waals surface area contributed by atoms with E-state index in [9.17, 15) is 4.79 Å². The molecule has 8 nitrogen and oxygen atoms in total. The Morgan fingerprint density at radius 3 is 2.45 bits per heavy atom. The molecule has 0 aliphatic carbocycles. The van der Waals surface area contributed by atoms with Crippen LogP contribution in [0.25, 0.3) is 11.3 Å². The summed E-state index contributed by atoms with van der Waals surface area (Å²) in [5, 5.41) is 4.52. The second kappa shape index (κ2) is 7.90. The Balaban J connectivity index is 1.46. The highest BCUT2D eigenvalue weighted by atomic mass is 16.5. The first kappa shape index (κ1) is 18.9. The third-order valence-corrected chi connectivity index (χ3v) is 5.07. The summed E-state index contributed by atoms with van der Waals surface area (Å²) in [5.74, 6) is 2.04. The molecule has 0 atom stereocenters. The van der Waals surface area contributed by atoms with Crippen molar-refractivity contribution in [3.8, 4) is 17.1 Å². The molecule has 3 aromatic rings. The van der Waals surface area contributed by atoms with Crippen LogP contribution in [-0.2, 0) is 7.05 Å². The number of rotatable bonds is 4. The van der Waals surface area contributed by atoms with E-state index in [1.165, 1.54) is 0 Å². The number of carbonyl (C=O) groups is 1. The van der Waals surface area contributed by atoms with Crippen LogP contribution < -0.4 is 9.64 Å². The molecule has 1 aliphatic rings. The van der Waals surface area contributed by atoms with E-state index >= 15 is 0 Å². The van der Waals surface area contributed by atoms with Crippen molar-refractivity contribution >= 4 is 11.7 Å². The number of nitrogens with zero attached hydrogens (tertiary/aromatic N) is 6. The van der Waals surface area contributed by atoms with Crippen molar-refractivity contribution in [2.45, 2.75) is 6.92 Å². The number of methoxy groups -OCH3 is 1. The third-order valence-electron chi connectivity index (χ3n) is 5.07. The predicted molar refractivity (Wildman–Crippen MR) is 110 cm³/mol. The van der Waals surface area contributed by atoms with Crippen LogP contribution in [0.15, 0.2) is 42.5 Å². The van der Waals surface area contributed by atoms with Gasteiger partial charge in [-0.15, -0.1) is 0 Å². The first-order valence-corrected chi connectivity index (χ1v) is 9.58. The molecule has 1 aromatic carbocycles. The maximum absolute atomic E-state index is 13.1. The van der Waals surface area contributed by atoms with Crippen molar-refractivity contribution in [1.82, 2.24) is 24.6 Å². The number of aryl methyl sites for hydroxylation is 2. The lowest BCUT2D eigenvalue weighted by Crippen LogP contribution is -2.49. The van der Waals surface area contributed by atoms with Crippen LogP contribution in [0, 0.1) is 6.92 Å². The van der Waals surface area contributed by atoms with Crippen LogP contribution in [-0.4, -0.2) is 63.8 Å². The molecule has 0 N–H and O–H groups in total. The molecule has 1 saturated heterocycles. The molecule has 150 valence electrons. The van der Waals surface area contributed by atoms with Gasteiger partial charge in [-0.3, -0.25) is 9.48 Å². The lowest BCUT2D eigenvalue weighted by molar-refractivity contribution is 0.0735. The number of benzene rings is 1. The maximum Gasteiger partial charge on any atom is 0.272 e. The Morgan fingerprint density at radius 2 is 1.76 bits per heavy atom. The van der Waals surface area contributed by atoms with Gasteiger partial charge in [0.05, 0.1) is 12.8 Å². The Bertz CT molecular complexity index is 1010. The van der Waals surface area contributed by atoms with Crippen molar-refractivity contribution in [1.29, 1.82) is 0 Å². The van der Waals surface area contributed by atoms with E-state index in [1.54, 1.807) is 11.8 Å². The number of hydrogen-bond acceptors (Lipinski definition) is 6. The quantitative estimate of drug-likeness (QED) is 0.677. The van der Waals surface area contributed by atoms with E-state index < -0.39 is 0 Å². The summed E-state index contributed by atoms with van der Waals surface area (Å²) in [6.07, 6.45) is 0. The van der Waals surface area contributed by atoms with Crippen LogP contribution in [0.2, 0.25) is 0 Å². The van der Waals surface area contributed by atoms with Gasteiger partial charge in [-0.25, -0.2) is 4.98 Å². The fourth-order valence-corrected chi connectivity index (χ4v) is 3.51. The van der Waals surface area contributed by atoms with Crippen LogP contribution in [0.5, 0.6) is 5.88 Å². The van der Waals surface area contributed by atoms with Gasteiger partial charge in [0.2, 0.25) is 5.88 Å². The highest BCUT2D eigenvalue weighted by Crippen LogP contribution is 2.22. The van der Waals surface area contributed by atoms with E-state index in [2.05, 4.69) is 20.0 Å². The Hall–Kier alpha value is -3.42. The molecule has 1 fully saturated rings. The molecule has 8 heteroatoms. The average molecular weight is 392 g/mol. The summed E-state index contributed by atoms with van der Waals surface area (Å²) >= 11 is 0. The fourth-order valence-electron chi connectivity index (χ4n) is 3.51. The van der Waals surface area contributed by atoms with E-state index in [0.29, 0.717) is 43.6 Å². The molecule has 29 heavy (non-hydrogen) atoms. The number of hydrogen-bond donors (Lipinski definition) is 0. The minimum absolute atomic E-state index is 0.00159. The summed E-state index contributed by atoms with van der Waals surface area (Å²) in [7, 11) is 3.41. The van der Waals surface area contributed by atoms with Crippen molar-refractivity contribution < 1.29 is 9.53 Å². The molecular weight excluding hydrogens is 368 g/mol. The monoisotopic (exact) mass is 392 g/mol. The first-order valence-electron chi connectivity index (χ1n) is 9.58. The highest BCUT2D eigenvalue weighted by molar-refractivity contribution is 5.94. The Labute approximate surface area is 169 Å². The summed E-state index contributed by atoms with van der Waals surface area (Å²) in [4.78, 5) is 25.8. The molecule has 0 radical (unpaired) electrons. The number of piperazine rings is 1. The highest BCUT2D eigenvalue weighted by Gasteiger charge is 2.26. The van der Waals surface area contributed by atoms with Gasteiger partial charge in [0.25, 0.3) is 5.91 Å². The van der Waals surface area contributed by atoms with Gasteiger partial charge in [0, 0.05) is 44.9 Å². The number of ether oxygens (including phenoxy) is 1. The van der Waals surface area contributed by atoms with Gasteiger partial charge in [-0.1, -0.05) is 30.3 Å². The van der Waals surface area contributed by atoms with E-state index in [0.717, 1.165) is 17.1 Å². The largest absolute Gasteiger partial charge is 0.481 e. The van der Waals surface area contributed by atoms with Gasteiger partial charge in [-0.05, 0) is 13.0 Å². The Morgan fingerprint density at radius 1 is 1.03 bits per heavy atom. The molecule has 0 saturated carbocycles. The third kappa shape index (κ3) is 3.91. The van der Waals surface area contributed by atoms with Gasteiger partial charge in [-0.2, -0.15) is 10.1 Å². The van der Waals surface area contributed by atoms with Gasteiger partial charge in [0.15, 0.2) is 0 Å². The SMILES string of the molecule is COc1cc(N2CCN(C(=O)c3cc(-c4ccccc4)nn3C)CC2)nc(C)n1. The zero-order chi connectivity index (χ0) is 20.4. The minimum atomic E-state index is -0.00159. The summed E-state index contributed by atoms with van der Waals surface area (Å²) < 4.78 is 6.91. The topological polar surface area (TPSA) is 76.4 Å². The van der Waals surface area contributed by atoms with Gasteiger partial charge in [0.1, 0.15) is 17.3 Å². The van der Waals surface area contributed by atoms with Crippen molar-refractivity contribution in [3.63, 3.8) is 0 Å². The average Bonchev–Trinajstić information content (AvgIpc) is 3.15. The molecule has 3 heterocycles. The van der Waals surface area contributed by atoms with E-state index in [1.807, 2.05) is 61.3 Å². The van der Waals surface area contributed by atoms with Gasteiger partial charge >= 0.3 is 0 Å². The van der Waals surface area contributed by atoms with Crippen LogP contribution in [0.1, 0.15) is 16.3 Å². The standard InChI is InChI=1S/C21H24N6O2/c1-15-22-19(14-20(23-15)29-3)26-9-11-27(12-10-26)21(28)18-13-17(24-25(18)2)16-7-5-4-6-8-16/h4-8,13-14H,9-12H2,1-3H3. The second-order valence-electron chi connectivity index (χ2n) is 7.00. The lowest BCUT2D eigenvalue weighted by Gasteiger charge is -2.35. The molecule has 1 amide bonds. The molecular formula is C21H24N6O2. The summed E-state index contributed by atoms with van der Waals surface area (Å²) in [6, 6.07) is 13.6. The number of carbonyl (C=O) groups excluding carboxylic acids is 1. The van der Waals surface area contributed by atoms with Crippen molar-refractivity contribution in [3.05, 3.63) is 54.0 Å². The Kier molecular flexibility index (Phi) is 5.16. The summed E-state index contributed by atoms with van der Waals surface area (Å²) in [5.41, 5.74) is 2.40. The van der Waals surface area contributed by atoms with Crippen LogP contribution >= 0.6 is 0 Å². The lowest BCUT2D eigenvalue weighted by atomic mass is 10.1. The maximum atomic E-state index is 13.1. The smallest absolute Gasteiger partial charge is 0.272 e. The number of anilines is 1. The number of aromatic nitrogens is 4.